The fraction of sp³-hybridized carbons (Fsp3) is 0.400. The fourth-order valence-corrected chi connectivity index (χ4v) is 10.5. The van der Waals surface area contributed by atoms with E-state index in [1.165, 1.54) is 11.1 Å². The Morgan fingerprint density at radius 2 is 1.11 bits per heavy atom. The Balaban J connectivity index is 1.98. The van der Waals surface area contributed by atoms with E-state index >= 15 is 0 Å². The molecule has 3 aromatic rings. The molecule has 0 aliphatic heterocycles. The molecule has 0 N–H and O–H groups in total. The van der Waals surface area contributed by atoms with Crippen molar-refractivity contribution in [2.24, 2.45) is 0 Å². The van der Waals surface area contributed by atoms with Crippen LogP contribution in [0.1, 0.15) is 78.0 Å². The molecule has 0 aliphatic carbocycles. The summed E-state index contributed by atoms with van der Waals surface area (Å²) >= 11 is -2.74. The standard InChI is InChI=1S/C30H39IO3S/c1-8-9-10-23-11-21-28(22-12-23)35(32,33)34-31(26-17-13-24(14-18-26)29(2,3)4)27-19-15-25(16-20-27)30(5,6)7/h11-22H,8-10H2,1-7H3/q+1. The molecule has 0 amide bonds. The van der Waals surface area contributed by atoms with E-state index in [-0.39, 0.29) is 15.7 Å². The van der Waals surface area contributed by atoms with Crippen LogP contribution in [0.15, 0.2) is 77.7 Å². The van der Waals surface area contributed by atoms with E-state index in [9.17, 15) is 8.42 Å². The molecular weight excluding hydrogens is 567 g/mol. The molecule has 0 bridgehead atoms. The van der Waals surface area contributed by atoms with Crippen LogP contribution >= 0.6 is 0 Å². The molecule has 0 fully saturated rings. The van der Waals surface area contributed by atoms with Crippen molar-refractivity contribution in [1.82, 2.24) is 0 Å². The molecule has 3 rings (SSSR count). The normalized spacial score (nSPS) is 12.8. The summed E-state index contributed by atoms with van der Waals surface area (Å²) in [5.74, 6) is 0. The molecule has 0 unspecified atom stereocenters. The molecule has 1 radical (unpaired) electrons. The average Bonchev–Trinajstić information content (AvgIpc) is 2.80. The van der Waals surface area contributed by atoms with Gasteiger partial charge in [-0.2, -0.15) is 8.42 Å². The summed E-state index contributed by atoms with van der Waals surface area (Å²) < 4.78 is 34.8. The highest BCUT2D eigenvalue weighted by atomic mass is 127. The summed E-state index contributed by atoms with van der Waals surface area (Å²) in [5.41, 5.74) is 3.63. The first-order chi connectivity index (χ1) is 16.3. The van der Waals surface area contributed by atoms with E-state index in [1.54, 1.807) is 12.1 Å². The summed E-state index contributed by atoms with van der Waals surface area (Å²) in [6, 6.07) is 23.8. The number of benzene rings is 3. The Morgan fingerprint density at radius 3 is 1.49 bits per heavy atom. The highest BCUT2D eigenvalue weighted by Gasteiger charge is 2.38. The Morgan fingerprint density at radius 1 is 0.686 bits per heavy atom. The zero-order valence-corrected chi connectivity index (χ0v) is 25.0. The fourth-order valence-electron chi connectivity index (χ4n) is 3.65. The van der Waals surface area contributed by atoms with Crippen molar-refractivity contribution in [3.05, 3.63) is 96.6 Å². The van der Waals surface area contributed by atoms with Gasteiger partial charge < -0.3 is 0 Å². The van der Waals surface area contributed by atoms with Gasteiger partial charge in [0, 0.05) is 0 Å². The van der Waals surface area contributed by atoms with Gasteiger partial charge in [0.2, 0.25) is 0 Å². The average molecular weight is 607 g/mol. The van der Waals surface area contributed by atoms with Crippen LogP contribution in [-0.2, 0) is 29.9 Å². The molecule has 3 nitrogen and oxygen atoms in total. The molecule has 0 heterocycles. The quantitative estimate of drug-likeness (QED) is 0.352. The maximum atomic E-state index is 13.4. The molecule has 5 heteroatoms. The van der Waals surface area contributed by atoms with Crippen LogP contribution in [0.2, 0.25) is 0 Å². The monoisotopic (exact) mass is 606 g/mol. The minimum absolute atomic E-state index is 0.0262. The number of unbranched alkanes of at least 4 members (excludes halogenated alkanes) is 1. The number of aryl methyl sites for hydroxylation is 1. The van der Waals surface area contributed by atoms with Gasteiger partial charge in [0.25, 0.3) is 0 Å². The van der Waals surface area contributed by atoms with Crippen LogP contribution in [0.25, 0.3) is 0 Å². The van der Waals surface area contributed by atoms with Crippen LogP contribution in [-0.4, -0.2) is 8.42 Å². The van der Waals surface area contributed by atoms with Gasteiger partial charge in [-0.1, -0.05) is 91.3 Å². The molecular formula is C30H39IO3S+. The second-order valence-electron chi connectivity index (χ2n) is 11.0. The van der Waals surface area contributed by atoms with Crippen molar-refractivity contribution in [3.8, 4) is 0 Å². The number of hydrogen-bond donors (Lipinski definition) is 0. The maximum absolute atomic E-state index is 13.4. The first-order valence-corrected chi connectivity index (χ1v) is 16.7. The van der Waals surface area contributed by atoms with Gasteiger partial charge in [-0.05, 0) is 79.3 Å². The Labute approximate surface area is 220 Å². The van der Waals surface area contributed by atoms with Crippen molar-refractivity contribution in [2.75, 3.05) is 0 Å². The SMILES string of the molecule is CCCCc1ccc(S(=O)(=O)O[I+](c2ccc(C(C)(C)C)cc2)c2ccc(C(C)(C)C)cc2)cc1. The minimum atomic E-state index is -3.90. The number of halogens is 1. The highest BCUT2D eigenvalue weighted by molar-refractivity contribution is 7.86. The second kappa shape index (κ2) is 11.1. The molecule has 0 aliphatic rings. The smallest absolute Gasteiger partial charge is 0.190 e. The van der Waals surface area contributed by atoms with Crippen molar-refractivity contribution < 1.29 is 31.2 Å². The van der Waals surface area contributed by atoms with E-state index < -0.39 is 30.4 Å². The van der Waals surface area contributed by atoms with E-state index in [0.717, 1.165) is 32.0 Å². The lowest BCUT2D eigenvalue weighted by Gasteiger charge is -2.19. The van der Waals surface area contributed by atoms with E-state index in [4.69, 9.17) is 2.51 Å². The largest absolute Gasteiger partial charge is 0.336 e. The van der Waals surface area contributed by atoms with E-state index in [0.29, 0.717) is 0 Å². The molecule has 189 valence electrons. The Bertz CT molecular complexity index is 1140. The molecule has 0 aromatic heterocycles. The van der Waals surface area contributed by atoms with Gasteiger partial charge in [-0.15, -0.1) is 0 Å². The van der Waals surface area contributed by atoms with Crippen LogP contribution < -0.4 is 20.2 Å². The van der Waals surface area contributed by atoms with Gasteiger partial charge in [0.15, 0.2) is 7.14 Å². The molecule has 35 heavy (non-hydrogen) atoms. The highest BCUT2D eigenvalue weighted by Crippen LogP contribution is 2.22. The summed E-state index contributed by atoms with van der Waals surface area (Å²) in [5, 5.41) is 0. The van der Waals surface area contributed by atoms with E-state index in [2.05, 4.69) is 72.7 Å². The van der Waals surface area contributed by atoms with Crippen LogP contribution in [0, 0.1) is 7.14 Å². The van der Waals surface area contributed by atoms with Crippen molar-refractivity contribution in [3.63, 3.8) is 0 Å². The lowest BCUT2D eigenvalue weighted by molar-refractivity contribution is -1.03. The van der Waals surface area contributed by atoms with Gasteiger partial charge >= 0.3 is 30.4 Å². The first kappa shape index (κ1) is 27.9. The topological polar surface area (TPSA) is 43.4 Å². The summed E-state index contributed by atoms with van der Waals surface area (Å²) in [7, 11) is -3.90. The van der Waals surface area contributed by atoms with Crippen molar-refractivity contribution in [1.29, 1.82) is 0 Å². The minimum Gasteiger partial charge on any atom is -0.190 e. The maximum Gasteiger partial charge on any atom is 0.336 e. The molecule has 3 aromatic carbocycles. The number of hydrogen-bond acceptors (Lipinski definition) is 3. The van der Waals surface area contributed by atoms with Crippen molar-refractivity contribution >= 4 is 10.1 Å². The van der Waals surface area contributed by atoms with Gasteiger partial charge in [0.05, 0.1) is 4.90 Å². The summed E-state index contributed by atoms with van der Waals surface area (Å²) in [6.07, 6.45) is 3.16. The van der Waals surface area contributed by atoms with Gasteiger partial charge in [-0.3, -0.25) is 0 Å². The molecule has 0 saturated carbocycles. The first-order valence-electron chi connectivity index (χ1n) is 12.3. The molecule has 0 saturated heterocycles. The third-order valence-electron chi connectivity index (χ3n) is 5.99. The number of rotatable bonds is 8. The van der Waals surface area contributed by atoms with Crippen LogP contribution in [0.4, 0.5) is 0 Å². The van der Waals surface area contributed by atoms with E-state index in [1.807, 2.05) is 36.4 Å². The zero-order valence-electron chi connectivity index (χ0n) is 22.1. The van der Waals surface area contributed by atoms with Crippen LogP contribution in [0.5, 0.6) is 0 Å². The van der Waals surface area contributed by atoms with Crippen LogP contribution in [0.3, 0.4) is 0 Å². The lowest BCUT2D eigenvalue weighted by atomic mass is 9.87. The third kappa shape index (κ3) is 7.40. The Hall–Kier alpha value is -1.70. The lowest BCUT2D eigenvalue weighted by Crippen LogP contribution is -3.85. The van der Waals surface area contributed by atoms with Crippen molar-refractivity contribution in [2.45, 2.75) is 83.5 Å². The second-order valence-corrected chi connectivity index (χ2v) is 17.5. The summed E-state index contributed by atoms with van der Waals surface area (Å²) in [4.78, 5) is 0.220. The summed E-state index contributed by atoms with van der Waals surface area (Å²) in [6.45, 7) is 15.2. The molecule has 0 atom stereocenters. The zero-order chi connectivity index (χ0) is 25.9. The Kier molecular flexibility index (Phi) is 8.87. The van der Waals surface area contributed by atoms with Gasteiger partial charge in [0.1, 0.15) is 0 Å². The predicted octanol–water partition coefficient (Wildman–Crippen LogP) is 4.61. The third-order valence-corrected chi connectivity index (χ3v) is 13.3. The van der Waals surface area contributed by atoms with Gasteiger partial charge in [-0.25, -0.2) is 0 Å². The predicted molar refractivity (Wildman–Crippen MR) is 141 cm³/mol. The molecule has 0 spiro atoms.